The van der Waals surface area contributed by atoms with E-state index < -0.39 is 5.91 Å². The minimum atomic E-state index is -0.405. The lowest BCUT2D eigenvalue weighted by Crippen LogP contribution is -2.21. The zero-order valence-corrected chi connectivity index (χ0v) is 15.3. The monoisotopic (exact) mass is 363 g/mol. The number of hydrogen-bond donors (Lipinski definition) is 2. The van der Waals surface area contributed by atoms with Gasteiger partial charge in [-0.2, -0.15) is 0 Å². The maximum Gasteiger partial charge on any atom is 0.274 e. The molecule has 3 aromatic rings. The van der Waals surface area contributed by atoms with Crippen molar-refractivity contribution in [2.24, 2.45) is 0 Å². The van der Waals surface area contributed by atoms with E-state index in [4.69, 9.17) is 4.74 Å². The summed E-state index contributed by atoms with van der Waals surface area (Å²) in [5, 5.41) is 2.84. The number of benzene rings is 2. The van der Waals surface area contributed by atoms with E-state index in [1.54, 1.807) is 7.11 Å². The number of ether oxygens (including phenoxy) is 1. The van der Waals surface area contributed by atoms with Crippen LogP contribution in [0.4, 0.5) is 5.69 Å². The molecule has 0 atom stereocenters. The summed E-state index contributed by atoms with van der Waals surface area (Å²) in [6.45, 7) is 2.02. The number of amides is 1. The number of carbonyl (C=O) groups excluding carboxylic acids is 1. The number of aromatic amines is 1. The Kier molecular flexibility index (Phi) is 5.66. The molecule has 6 heteroatoms. The third-order valence-electron chi connectivity index (χ3n) is 4.20. The van der Waals surface area contributed by atoms with E-state index in [-0.39, 0.29) is 11.3 Å². The molecule has 1 aromatic heterocycles. The Labute approximate surface area is 157 Å². The molecule has 0 saturated carbocycles. The number of para-hydroxylation sites is 1. The first-order valence-electron chi connectivity index (χ1n) is 8.71. The summed E-state index contributed by atoms with van der Waals surface area (Å²) in [6.07, 6.45) is 1.20. The fraction of sp³-hybridized carbons (Fsp3) is 0.190. The van der Waals surface area contributed by atoms with E-state index in [2.05, 4.69) is 15.3 Å². The second-order valence-corrected chi connectivity index (χ2v) is 6.07. The summed E-state index contributed by atoms with van der Waals surface area (Å²) in [5.74, 6) is 0.780. The van der Waals surface area contributed by atoms with Gasteiger partial charge in [0, 0.05) is 18.2 Å². The second-order valence-electron chi connectivity index (χ2n) is 6.07. The largest absolute Gasteiger partial charge is 0.497 e. The summed E-state index contributed by atoms with van der Waals surface area (Å²) >= 11 is 0. The van der Waals surface area contributed by atoms with Crippen LogP contribution in [-0.4, -0.2) is 23.0 Å². The van der Waals surface area contributed by atoms with Gasteiger partial charge >= 0.3 is 0 Å². The van der Waals surface area contributed by atoms with Gasteiger partial charge in [-0.3, -0.25) is 9.59 Å². The third kappa shape index (κ3) is 4.61. The Morgan fingerprint density at radius 2 is 1.89 bits per heavy atom. The number of hydrogen-bond acceptors (Lipinski definition) is 4. The minimum absolute atomic E-state index is 0.0909. The number of rotatable bonds is 6. The van der Waals surface area contributed by atoms with Gasteiger partial charge in [0.25, 0.3) is 11.5 Å². The topological polar surface area (TPSA) is 84.1 Å². The van der Waals surface area contributed by atoms with Gasteiger partial charge in [-0.1, -0.05) is 37.3 Å². The molecule has 3 rings (SSSR count). The zero-order valence-electron chi connectivity index (χ0n) is 15.3. The molecule has 0 aliphatic carbocycles. The van der Waals surface area contributed by atoms with E-state index in [9.17, 15) is 9.59 Å². The quantitative estimate of drug-likeness (QED) is 0.704. The predicted molar refractivity (Wildman–Crippen MR) is 104 cm³/mol. The number of nitrogens with zero attached hydrogens (tertiary/aromatic N) is 1. The highest BCUT2D eigenvalue weighted by molar-refractivity contribution is 6.03. The summed E-state index contributed by atoms with van der Waals surface area (Å²) in [4.78, 5) is 31.6. The molecule has 0 aliphatic rings. The Bertz CT molecular complexity index is 994. The first kappa shape index (κ1) is 18.4. The standard InChI is InChI=1S/C21H21N3O3/c1-3-15-6-4-5-7-17(15)23-21(26)18-13-20(25)24-19(22-18)12-14-8-10-16(27-2)11-9-14/h4-11,13H,3,12H2,1-2H3,(H,23,26)(H,22,24,25). The van der Waals surface area contributed by atoms with Crippen molar-refractivity contribution in [2.75, 3.05) is 12.4 Å². The molecule has 2 N–H and O–H groups in total. The molecule has 138 valence electrons. The van der Waals surface area contributed by atoms with E-state index in [1.165, 1.54) is 6.07 Å². The predicted octanol–water partition coefficient (Wildman–Crippen LogP) is 3.18. The maximum atomic E-state index is 12.6. The Balaban J connectivity index is 1.81. The summed E-state index contributed by atoms with van der Waals surface area (Å²) in [5.41, 5.74) is 2.43. The molecule has 6 nitrogen and oxygen atoms in total. The van der Waals surface area contributed by atoms with Crippen molar-refractivity contribution in [1.29, 1.82) is 0 Å². The summed E-state index contributed by atoms with van der Waals surface area (Å²) in [6, 6.07) is 16.2. The van der Waals surface area contributed by atoms with Crippen LogP contribution in [0, 0.1) is 0 Å². The first-order valence-corrected chi connectivity index (χ1v) is 8.71. The van der Waals surface area contributed by atoms with Gasteiger partial charge in [-0.05, 0) is 35.7 Å². The smallest absolute Gasteiger partial charge is 0.274 e. The Morgan fingerprint density at radius 1 is 1.15 bits per heavy atom. The number of aromatic nitrogens is 2. The van der Waals surface area contributed by atoms with Gasteiger partial charge in [0.1, 0.15) is 17.3 Å². The Hall–Kier alpha value is -3.41. The second kappa shape index (κ2) is 8.31. The van der Waals surface area contributed by atoms with E-state index in [1.807, 2.05) is 55.5 Å². The SMILES string of the molecule is CCc1ccccc1NC(=O)c1cc(=O)[nH]c(Cc2ccc(OC)cc2)n1. The van der Waals surface area contributed by atoms with Crippen molar-refractivity contribution in [3.05, 3.63) is 87.6 Å². The third-order valence-corrected chi connectivity index (χ3v) is 4.20. The normalized spacial score (nSPS) is 10.4. The van der Waals surface area contributed by atoms with Gasteiger partial charge in [0.05, 0.1) is 7.11 Å². The van der Waals surface area contributed by atoms with E-state index >= 15 is 0 Å². The van der Waals surface area contributed by atoms with Crippen molar-refractivity contribution in [2.45, 2.75) is 19.8 Å². The molecule has 2 aromatic carbocycles. The molecule has 0 aliphatic heterocycles. The highest BCUT2D eigenvalue weighted by atomic mass is 16.5. The highest BCUT2D eigenvalue weighted by Gasteiger charge is 2.12. The fourth-order valence-electron chi connectivity index (χ4n) is 2.78. The molecule has 0 saturated heterocycles. The molecule has 0 spiro atoms. The van der Waals surface area contributed by atoms with Crippen molar-refractivity contribution in [3.63, 3.8) is 0 Å². The van der Waals surface area contributed by atoms with Crippen LogP contribution in [0.2, 0.25) is 0 Å². The lowest BCUT2D eigenvalue weighted by molar-refractivity contribution is 0.102. The molecule has 1 heterocycles. The van der Waals surface area contributed by atoms with Crippen LogP contribution in [0.15, 0.2) is 59.4 Å². The van der Waals surface area contributed by atoms with Gasteiger partial charge in [-0.25, -0.2) is 4.98 Å². The van der Waals surface area contributed by atoms with Crippen molar-refractivity contribution < 1.29 is 9.53 Å². The summed E-state index contributed by atoms with van der Waals surface area (Å²) < 4.78 is 5.14. The number of aryl methyl sites for hydroxylation is 1. The zero-order chi connectivity index (χ0) is 19.2. The van der Waals surface area contributed by atoms with Crippen LogP contribution >= 0.6 is 0 Å². The average Bonchev–Trinajstić information content (AvgIpc) is 2.68. The van der Waals surface area contributed by atoms with Gasteiger partial charge in [0.15, 0.2) is 0 Å². The van der Waals surface area contributed by atoms with Crippen molar-refractivity contribution in [3.8, 4) is 5.75 Å². The fourth-order valence-corrected chi connectivity index (χ4v) is 2.78. The molecular formula is C21H21N3O3. The van der Waals surface area contributed by atoms with Crippen LogP contribution < -0.4 is 15.6 Å². The first-order chi connectivity index (χ1) is 13.1. The molecule has 0 bridgehead atoms. The summed E-state index contributed by atoms with van der Waals surface area (Å²) in [7, 11) is 1.60. The number of carbonyl (C=O) groups is 1. The molecule has 1 amide bonds. The molecule has 0 fully saturated rings. The highest BCUT2D eigenvalue weighted by Crippen LogP contribution is 2.16. The molecule has 0 radical (unpaired) electrons. The van der Waals surface area contributed by atoms with Crippen LogP contribution in [0.25, 0.3) is 0 Å². The van der Waals surface area contributed by atoms with Crippen molar-refractivity contribution in [1.82, 2.24) is 9.97 Å². The molecule has 0 unspecified atom stereocenters. The van der Waals surface area contributed by atoms with Gasteiger partial charge in [-0.15, -0.1) is 0 Å². The number of methoxy groups -OCH3 is 1. The van der Waals surface area contributed by atoms with Crippen LogP contribution in [0.1, 0.15) is 34.4 Å². The molecular weight excluding hydrogens is 342 g/mol. The lowest BCUT2D eigenvalue weighted by Gasteiger charge is -2.10. The Morgan fingerprint density at radius 3 is 2.59 bits per heavy atom. The van der Waals surface area contributed by atoms with Gasteiger partial charge in [0.2, 0.25) is 0 Å². The minimum Gasteiger partial charge on any atom is -0.497 e. The van der Waals surface area contributed by atoms with Gasteiger partial charge < -0.3 is 15.0 Å². The average molecular weight is 363 g/mol. The van der Waals surface area contributed by atoms with E-state index in [0.29, 0.717) is 12.2 Å². The van der Waals surface area contributed by atoms with Crippen molar-refractivity contribution >= 4 is 11.6 Å². The lowest BCUT2D eigenvalue weighted by atomic mass is 10.1. The van der Waals surface area contributed by atoms with E-state index in [0.717, 1.165) is 29.0 Å². The van der Waals surface area contributed by atoms with Crippen LogP contribution in [0.3, 0.4) is 0 Å². The number of anilines is 1. The van der Waals surface area contributed by atoms with Crippen LogP contribution in [-0.2, 0) is 12.8 Å². The number of H-pyrrole nitrogens is 1. The maximum absolute atomic E-state index is 12.6. The molecule has 27 heavy (non-hydrogen) atoms. The number of nitrogens with one attached hydrogen (secondary N) is 2. The van der Waals surface area contributed by atoms with Crippen LogP contribution in [0.5, 0.6) is 5.75 Å².